The van der Waals surface area contributed by atoms with Crippen LogP contribution in [-0.2, 0) is 36.8 Å². The van der Waals surface area contributed by atoms with Crippen LogP contribution in [0.25, 0.3) is 0 Å². The van der Waals surface area contributed by atoms with Crippen LogP contribution >= 0.6 is 15.6 Å². The number of carbonyl (C=O) groups is 1. The molecule has 0 saturated carbocycles. The second-order valence-electron chi connectivity index (χ2n) is 8.37. The van der Waals surface area contributed by atoms with E-state index in [9.17, 15) is 58.8 Å². The van der Waals surface area contributed by atoms with Crippen molar-refractivity contribution in [3.05, 3.63) is 33.1 Å². The number of H-pyrrole nitrogens is 1. The number of hydrogen-bond acceptors (Lipinski definition) is 17. The number of nitrogens with zero attached hydrogens (tertiary/aromatic N) is 1. The molecule has 3 rings (SSSR count). The minimum absolute atomic E-state index is 0. The summed E-state index contributed by atoms with van der Waals surface area (Å²) >= 11 is 0. The zero-order chi connectivity index (χ0) is 29.3. The quantitative estimate of drug-likeness (QED) is 0.0701. The Morgan fingerprint density at radius 3 is 2.22 bits per heavy atom. The Labute approximate surface area is 274 Å². The summed E-state index contributed by atoms with van der Waals surface area (Å²) in [5.74, 6) is -0.829. The summed E-state index contributed by atoms with van der Waals surface area (Å²) in [6.07, 6.45) is -13.4. The van der Waals surface area contributed by atoms with Gasteiger partial charge in [0.25, 0.3) is 21.2 Å². The van der Waals surface area contributed by atoms with E-state index in [1.54, 1.807) is 0 Å². The molecule has 2 fully saturated rings. The normalized spacial score (nSPS) is 34.4. The summed E-state index contributed by atoms with van der Waals surface area (Å²) in [6, 6.07) is -0.844. The fraction of sp³-hybridized carbons (Fsp3) is 0.706. The SMILES string of the molecule is CC(=O)N[C@@H]1[C@@H](O)[C@H](O)[C@@H](CO)O[13C@@H]1OP(=O)([O-])OP(=O)([O-])OC[C@H]1O[C@@H](n2ccc(=O)[nH]c2=O)[C@H](O)[C@@H]1O.[Na+].[Na+]. The molecule has 2 unspecified atom stereocenters. The van der Waals surface area contributed by atoms with Crippen molar-refractivity contribution >= 4 is 21.6 Å². The third-order valence-electron chi connectivity index (χ3n) is 5.54. The molecule has 0 aromatic carbocycles. The molecule has 11 atom stereocenters. The summed E-state index contributed by atoms with van der Waals surface area (Å²) in [5, 5.41) is 51.7. The monoisotopic (exact) mass is 652 g/mol. The molecule has 3 heterocycles. The van der Waals surface area contributed by atoms with E-state index in [1.807, 2.05) is 4.98 Å². The minimum Gasteiger partial charge on any atom is -0.756 e. The number of aliphatic hydroxyl groups excluding tert-OH is 5. The van der Waals surface area contributed by atoms with Crippen LogP contribution in [-0.4, -0.2) is 103 Å². The average Bonchev–Trinajstić information content (AvgIpc) is 3.10. The average molecular weight is 652 g/mol. The number of phosphoric acid groups is 2. The van der Waals surface area contributed by atoms with Crippen LogP contribution in [0.3, 0.4) is 0 Å². The Bertz CT molecular complexity index is 1250. The maximum atomic E-state index is 12.3. The standard InChI is InChI=1S/C17H27N3O17P2.2Na/c1-6(22)18-10-13(26)11(24)7(4-21)35-16(10)36-39(31,32)37-38(29,30)33-5-8-12(25)14(27)15(34-8)20-3-2-9(23)19-17(20)28;;/h2-3,7-8,10-16,21,24-27H,4-5H2,1H3,(H,18,22)(H,29,30)(H,31,32)(H,19,23,28);;/q;2*+1/p-2/t7-,8-,10-,11-,12-,13-,14-,15-,16-;;/m1../s1/i16+1;;. The van der Waals surface area contributed by atoms with E-state index in [0.29, 0.717) is 4.57 Å². The van der Waals surface area contributed by atoms with E-state index in [2.05, 4.69) is 18.7 Å². The van der Waals surface area contributed by atoms with Gasteiger partial charge in [-0.1, -0.05) is 0 Å². The van der Waals surface area contributed by atoms with E-state index < -0.39 is 101 Å². The zero-order valence-corrected chi connectivity index (χ0v) is 27.5. The molecule has 1 amide bonds. The van der Waals surface area contributed by atoms with Gasteiger partial charge in [0, 0.05) is 19.2 Å². The molecular formula is C17H25N3Na2O17P2. The van der Waals surface area contributed by atoms with Crippen molar-refractivity contribution in [2.45, 2.75) is 62.1 Å². The van der Waals surface area contributed by atoms with Gasteiger partial charge in [-0.05, 0) is 0 Å². The van der Waals surface area contributed by atoms with Crippen LogP contribution < -0.4 is 85.5 Å². The molecule has 24 heteroatoms. The number of aromatic amines is 1. The molecule has 0 radical (unpaired) electrons. The molecule has 1 aromatic heterocycles. The van der Waals surface area contributed by atoms with Gasteiger partial charge in [0.2, 0.25) is 5.91 Å². The molecule has 0 aliphatic carbocycles. The number of hydrogen-bond donors (Lipinski definition) is 7. The van der Waals surface area contributed by atoms with Crippen molar-refractivity contribution in [3.63, 3.8) is 0 Å². The van der Waals surface area contributed by atoms with E-state index in [0.717, 1.165) is 19.2 Å². The van der Waals surface area contributed by atoms with Gasteiger partial charge in [-0.25, -0.2) is 9.11 Å². The molecule has 41 heavy (non-hydrogen) atoms. The number of aliphatic hydroxyl groups is 5. The topological polar surface area (TPSA) is 312 Å². The fourth-order valence-electron chi connectivity index (χ4n) is 3.74. The second-order valence-corrected chi connectivity index (χ2v) is 11.3. The molecule has 2 aliphatic heterocycles. The Balaban J connectivity index is 0.00000420. The third-order valence-corrected chi connectivity index (χ3v) is 8.07. The summed E-state index contributed by atoms with van der Waals surface area (Å²) in [7, 11) is -11.8. The maximum absolute atomic E-state index is 12.3. The molecule has 0 bridgehead atoms. The van der Waals surface area contributed by atoms with E-state index in [-0.39, 0.29) is 59.1 Å². The minimum atomic E-state index is -5.94. The molecule has 1 aromatic rings. The van der Waals surface area contributed by atoms with Crippen molar-refractivity contribution in [3.8, 4) is 0 Å². The van der Waals surface area contributed by atoms with E-state index in [4.69, 9.17) is 9.47 Å². The summed E-state index contributed by atoms with van der Waals surface area (Å²) in [4.78, 5) is 60.9. The van der Waals surface area contributed by atoms with Gasteiger partial charge >= 0.3 is 64.8 Å². The number of phosphoric ester groups is 2. The zero-order valence-electron chi connectivity index (χ0n) is 21.7. The number of ether oxygens (including phenoxy) is 2. The summed E-state index contributed by atoms with van der Waals surface area (Å²) < 4.78 is 48.2. The van der Waals surface area contributed by atoms with Gasteiger partial charge in [0.05, 0.1) is 13.2 Å². The predicted molar refractivity (Wildman–Crippen MR) is 116 cm³/mol. The Hall–Kier alpha value is 0.130. The smallest absolute Gasteiger partial charge is 0.756 e. The first kappa shape index (κ1) is 39.2. The fourth-order valence-corrected chi connectivity index (χ4v) is 5.83. The molecule has 2 saturated heterocycles. The van der Waals surface area contributed by atoms with Gasteiger partial charge in [0.1, 0.15) is 42.7 Å². The van der Waals surface area contributed by atoms with Crippen LogP contribution in [0, 0.1) is 0 Å². The van der Waals surface area contributed by atoms with Gasteiger partial charge in [-0.3, -0.25) is 32.8 Å². The number of nitrogens with one attached hydrogen (secondary N) is 2. The number of aromatic nitrogens is 2. The van der Waals surface area contributed by atoms with Crippen molar-refractivity contribution in [1.29, 1.82) is 0 Å². The Morgan fingerprint density at radius 2 is 1.66 bits per heavy atom. The summed E-state index contributed by atoms with van der Waals surface area (Å²) in [6.45, 7) is -1.09. The molecular weight excluding hydrogens is 627 g/mol. The van der Waals surface area contributed by atoms with Crippen LogP contribution in [0.5, 0.6) is 0 Å². The van der Waals surface area contributed by atoms with Crippen molar-refractivity contribution in [2.24, 2.45) is 0 Å². The van der Waals surface area contributed by atoms with E-state index in [1.165, 1.54) is 0 Å². The third kappa shape index (κ3) is 10.1. The first-order valence-electron chi connectivity index (χ1n) is 10.9. The Morgan fingerprint density at radius 1 is 1.05 bits per heavy atom. The first-order valence-corrected chi connectivity index (χ1v) is 13.9. The van der Waals surface area contributed by atoms with Crippen LogP contribution in [0.1, 0.15) is 13.2 Å². The molecule has 20 nitrogen and oxygen atoms in total. The number of amides is 1. The van der Waals surface area contributed by atoms with Crippen LogP contribution in [0.4, 0.5) is 0 Å². The van der Waals surface area contributed by atoms with Crippen LogP contribution in [0.2, 0.25) is 0 Å². The predicted octanol–water partition coefficient (Wildman–Crippen LogP) is -11.9. The van der Waals surface area contributed by atoms with Crippen LogP contribution in [0.15, 0.2) is 21.9 Å². The second kappa shape index (κ2) is 15.9. The molecule has 7 N–H and O–H groups in total. The van der Waals surface area contributed by atoms with Gasteiger partial charge in [0.15, 0.2) is 12.5 Å². The number of carbonyl (C=O) groups excluding carboxylic acids is 1. The van der Waals surface area contributed by atoms with Gasteiger partial charge in [-0.15, -0.1) is 0 Å². The van der Waals surface area contributed by atoms with Gasteiger partial charge < -0.3 is 54.6 Å². The van der Waals surface area contributed by atoms with Crippen molar-refractivity contribution < 1.29 is 131 Å². The van der Waals surface area contributed by atoms with Gasteiger partial charge in [-0.2, -0.15) is 0 Å². The van der Waals surface area contributed by atoms with Crippen molar-refractivity contribution in [1.82, 2.24) is 14.9 Å². The first-order chi connectivity index (χ1) is 18.0. The Kier molecular flexibility index (Phi) is 15.2. The number of rotatable bonds is 10. The summed E-state index contributed by atoms with van der Waals surface area (Å²) in [5.41, 5.74) is -1.79. The maximum Gasteiger partial charge on any atom is 1.00 e. The molecule has 2 aliphatic rings. The van der Waals surface area contributed by atoms with E-state index >= 15 is 0 Å². The van der Waals surface area contributed by atoms with Crippen molar-refractivity contribution in [2.75, 3.05) is 13.2 Å². The largest absolute Gasteiger partial charge is 1.00 e. The molecule has 222 valence electrons. The molecule has 0 spiro atoms.